The van der Waals surface area contributed by atoms with E-state index in [-0.39, 0.29) is 0 Å². The molecule has 0 amide bonds. The molecular weight excluding hydrogens is 136 g/mol. The van der Waals surface area contributed by atoms with E-state index in [1.54, 1.807) is 0 Å². The van der Waals surface area contributed by atoms with Crippen molar-refractivity contribution < 1.29 is 19.1 Å². The van der Waals surface area contributed by atoms with Crippen molar-refractivity contribution in [3.05, 3.63) is 12.2 Å². The molecule has 0 bridgehead atoms. The highest BCUT2D eigenvalue weighted by atomic mass is 16.7. The molecule has 1 aliphatic rings. The molecule has 0 aliphatic carbocycles. The van der Waals surface area contributed by atoms with Crippen LogP contribution in [0.2, 0.25) is 0 Å². The maximum absolute atomic E-state index is 10.3. The summed E-state index contributed by atoms with van der Waals surface area (Å²) in [5.41, 5.74) is 0. The van der Waals surface area contributed by atoms with Crippen LogP contribution < -0.4 is 0 Å². The average Bonchev–Trinajstić information content (AvgIpc) is 2.13. The van der Waals surface area contributed by atoms with E-state index >= 15 is 0 Å². The molecule has 0 aromatic rings. The highest BCUT2D eigenvalue weighted by Crippen LogP contribution is 2.05. The number of hydrogen-bond acceptors (Lipinski definition) is 4. The Balaban J connectivity index is 2.40. The predicted octanol–water partition coefficient (Wildman–Crippen LogP) is -0.0114. The summed E-state index contributed by atoms with van der Waals surface area (Å²) in [6.45, 7) is 1.25. The molecule has 0 fully saturated rings. The predicted molar refractivity (Wildman–Crippen MR) is 30.8 cm³/mol. The fourth-order valence-corrected chi connectivity index (χ4v) is 0.577. The van der Waals surface area contributed by atoms with Crippen LogP contribution >= 0.6 is 0 Å². The van der Waals surface area contributed by atoms with Gasteiger partial charge in [0.1, 0.15) is 0 Å². The quantitative estimate of drug-likeness (QED) is 0.483. The number of rotatable bonds is 1. The van der Waals surface area contributed by atoms with Gasteiger partial charge in [-0.05, 0) is 0 Å². The number of carbonyl (C=O) groups is 2. The topological polar surface area (TPSA) is 52.6 Å². The minimum atomic E-state index is -0.815. The Morgan fingerprint density at radius 1 is 1.80 bits per heavy atom. The van der Waals surface area contributed by atoms with Gasteiger partial charge in [-0.1, -0.05) is 0 Å². The normalized spacial score (nSPS) is 22.5. The summed E-state index contributed by atoms with van der Waals surface area (Å²) in [5.74, 6) is -0.949. The Morgan fingerprint density at radius 2 is 2.50 bits per heavy atom. The highest BCUT2D eigenvalue weighted by Gasteiger charge is 2.18. The maximum Gasteiger partial charge on any atom is 0.334 e. The van der Waals surface area contributed by atoms with Gasteiger partial charge in [0.2, 0.25) is 0 Å². The molecule has 1 rings (SSSR count). The average molecular weight is 142 g/mol. The zero-order chi connectivity index (χ0) is 7.56. The standard InChI is InChI=1S/C6H6O4/c1-4(7)9-6-3-2-5(8)10-6/h2-3,6H,1H3. The van der Waals surface area contributed by atoms with Crippen LogP contribution in [-0.2, 0) is 19.1 Å². The second kappa shape index (κ2) is 2.51. The molecule has 1 aliphatic heterocycles. The minimum Gasteiger partial charge on any atom is -0.421 e. The maximum atomic E-state index is 10.3. The molecule has 0 radical (unpaired) electrons. The van der Waals surface area contributed by atoms with Gasteiger partial charge in [0.15, 0.2) is 0 Å². The molecular formula is C6H6O4. The molecule has 0 saturated carbocycles. The number of esters is 2. The summed E-state index contributed by atoms with van der Waals surface area (Å²) in [6, 6.07) is 0. The monoisotopic (exact) mass is 142 g/mol. The van der Waals surface area contributed by atoms with Gasteiger partial charge in [0.05, 0.1) is 0 Å². The van der Waals surface area contributed by atoms with E-state index in [1.807, 2.05) is 0 Å². The van der Waals surface area contributed by atoms with E-state index < -0.39 is 18.2 Å². The lowest BCUT2D eigenvalue weighted by Crippen LogP contribution is -2.15. The number of carbonyl (C=O) groups excluding carboxylic acids is 2. The van der Waals surface area contributed by atoms with Gasteiger partial charge >= 0.3 is 11.9 Å². The SMILES string of the molecule is CC(=O)OC1C=CC(=O)O1. The van der Waals surface area contributed by atoms with E-state index in [1.165, 1.54) is 19.1 Å². The van der Waals surface area contributed by atoms with Gasteiger partial charge < -0.3 is 9.47 Å². The molecule has 1 unspecified atom stereocenters. The van der Waals surface area contributed by atoms with E-state index in [2.05, 4.69) is 9.47 Å². The Bertz CT molecular complexity index is 194. The Morgan fingerprint density at radius 3 is 2.90 bits per heavy atom. The fraction of sp³-hybridized carbons (Fsp3) is 0.333. The lowest BCUT2D eigenvalue weighted by atomic mass is 10.5. The van der Waals surface area contributed by atoms with Crippen molar-refractivity contribution in [1.82, 2.24) is 0 Å². The molecule has 0 aromatic carbocycles. The van der Waals surface area contributed by atoms with Crippen LogP contribution in [0.5, 0.6) is 0 Å². The summed E-state index contributed by atoms with van der Waals surface area (Å²) in [6.07, 6.45) is 1.78. The van der Waals surface area contributed by atoms with Crippen molar-refractivity contribution in [2.24, 2.45) is 0 Å². The molecule has 0 aromatic heterocycles. The van der Waals surface area contributed by atoms with Crippen LogP contribution in [0, 0.1) is 0 Å². The largest absolute Gasteiger partial charge is 0.421 e. The van der Waals surface area contributed by atoms with Crippen LogP contribution in [0.1, 0.15) is 6.92 Å². The van der Waals surface area contributed by atoms with Crippen LogP contribution in [0.3, 0.4) is 0 Å². The zero-order valence-electron chi connectivity index (χ0n) is 5.37. The van der Waals surface area contributed by atoms with Gasteiger partial charge in [-0.15, -0.1) is 0 Å². The van der Waals surface area contributed by atoms with Crippen molar-refractivity contribution in [3.63, 3.8) is 0 Å². The van der Waals surface area contributed by atoms with Gasteiger partial charge in [-0.25, -0.2) is 4.79 Å². The van der Waals surface area contributed by atoms with E-state index in [0.717, 1.165) is 0 Å². The molecule has 0 spiro atoms. The molecule has 1 heterocycles. The van der Waals surface area contributed by atoms with Crippen LogP contribution in [-0.4, -0.2) is 18.2 Å². The lowest BCUT2D eigenvalue weighted by Gasteiger charge is -2.06. The van der Waals surface area contributed by atoms with Gasteiger partial charge in [0.25, 0.3) is 6.29 Å². The third-order valence-electron chi connectivity index (χ3n) is 0.904. The minimum absolute atomic E-state index is 0.468. The Labute approximate surface area is 57.4 Å². The first-order valence-corrected chi connectivity index (χ1v) is 2.74. The van der Waals surface area contributed by atoms with Crippen molar-refractivity contribution in [2.45, 2.75) is 13.2 Å². The molecule has 54 valence electrons. The zero-order valence-corrected chi connectivity index (χ0v) is 5.37. The van der Waals surface area contributed by atoms with Crippen LogP contribution in [0.15, 0.2) is 12.2 Å². The van der Waals surface area contributed by atoms with Crippen molar-refractivity contribution in [1.29, 1.82) is 0 Å². The smallest absolute Gasteiger partial charge is 0.334 e. The summed E-state index contributed by atoms with van der Waals surface area (Å²) in [7, 11) is 0. The third-order valence-corrected chi connectivity index (χ3v) is 0.904. The van der Waals surface area contributed by atoms with E-state index in [0.29, 0.717) is 0 Å². The Kier molecular flexibility index (Phi) is 1.71. The molecule has 4 nitrogen and oxygen atoms in total. The van der Waals surface area contributed by atoms with Crippen molar-refractivity contribution in [2.75, 3.05) is 0 Å². The fourth-order valence-electron chi connectivity index (χ4n) is 0.577. The molecule has 10 heavy (non-hydrogen) atoms. The second-order valence-corrected chi connectivity index (χ2v) is 1.77. The molecule has 1 atom stereocenters. The van der Waals surface area contributed by atoms with Crippen LogP contribution in [0.25, 0.3) is 0 Å². The van der Waals surface area contributed by atoms with Gasteiger partial charge in [-0.3, -0.25) is 4.79 Å². The summed E-state index contributed by atoms with van der Waals surface area (Å²) in [4.78, 5) is 20.6. The lowest BCUT2D eigenvalue weighted by molar-refractivity contribution is -0.170. The second-order valence-electron chi connectivity index (χ2n) is 1.77. The number of cyclic esters (lactones) is 1. The molecule has 4 heteroatoms. The first kappa shape index (κ1) is 6.80. The third kappa shape index (κ3) is 1.58. The van der Waals surface area contributed by atoms with Crippen molar-refractivity contribution in [3.8, 4) is 0 Å². The highest BCUT2D eigenvalue weighted by molar-refractivity contribution is 5.84. The molecule has 0 N–H and O–H groups in total. The van der Waals surface area contributed by atoms with E-state index in [4.69, 9.17) is 0 Å². The summed E-state index contributed by atoms with van der Waals surface area (Å²) in [5, 5.41) is 0. The van der Waals surface area contributed by atoms with Gasteiger partial charge in [0, 0.05) is 19.1 Å². The first-order valence-electron chi connectivity index (χ1n) is 2.74. The van der Waals surface area contributed by atoms with Crippen LogP contribution in [0.4, 0.5) is 0 Å². The molecule has 0 saturated heterocycles. The first-order chi connectivity index (χ1) is 4.68. The summed E-state index contributed by atoms with van der Waals surface area (Å²) >= 11 is 0. The number of hydrogen-bond donors (Lipinski definition) is 0. The summed E-state index contributed by atoms with van der Waals surface area (Å²) < 4.78 is 8.99. The van der Waals surface area contributed by atoms with Crippen molar-refractivity contribution >= 4 is 11.9 Å². The van der Waals surface area contributed by atoms with E-state index in [9.17, 15) is 9.59 Å². The Hall–Kier alpha value is -1.32. The van der Waals surface area contributed by atoms with Gasteiger partial charge in [-0.2, -0.15) is 0 Å². The number of ether oxygens (including phenoxy) is 2.